The van der Waals surface area contributed by atoms with Crippen molar-refractivity contribution in [1.82, 2.24) is 10.2 Å². The summed E-state index contributed by atoms with van der Waals surface area (Å²) in [4.78, 5) is 2.75. The van der Waals surface area contributed by atoms with Crippen molar-refractivity contribution < 1.29 is 13.2 Å². The molecule has 4 saturated heterocycles. The SMILES string of the molecule is FC(F)(F)c1ccccc1CNC1C2CC3CCC(C2)N3[C@H]1C(c1ccccc1)c1ccccc1. The third kappa shape index (κ3) is 4.19. The monoisotopic (exact) mass is 476 g/mol. The van der Waals surface area contributed by atoms with E-state index in [2.05, 4.69) is 58.7 Å². The van der Waals surface area contributed by atoms with E-state index in [0.717, 1.165) is 12.8 Å². The van der Waals surface area contributed by atoms with Crippen molar-refractivity contribution in [3.05, 3.63) is 107 Å². The van der Waals surface area contributed by atoms with Crippen LogP contribution < -0.4 is 5.32 Å². The lowest BCUT2D eigenvalue weighted by Crippen LogP contribution is -2.68. The number of hydrogen-bond acceptors (Lipinski definition) is 2. The summed E-state index contributed by atoms with van der Waals surface area (Å²) in [7, 11) is 0. The van der Waals surface area contributed by atoms with Gasteiger partial charge in [-0.05, 0) is 54.4 Å². The van der Waals surface area contributed by atoms with Crippen LogP contribution in [0.5, 0.6) is 0 Å². The second kappa shape index (κ2) is 9.11. The minimum atomic E-state index is -4.34. The van der Waals surface area contributed by atoms with Gasteiger partial charge in [0.25, 0.3) is 0 Å². The molecule has 3 aromatic carbocycles. The number of nitrogens with zero attached hydrogens (tertiary/aromatic N) is 1. The molecule has 7 rings (SSSR count). The number of fused-ring (bicyclic) bond motifs is 1. The summed E-state index contributed by atoms with van der Waals surface area (Å²) in [5.41, 5.74) is 2.35. The number of piperidine rings is 3. The Morgan fingerprint density at radius 1 is 0.771 bits per heavy atom. The van der Waals surface area contributed by atoms with E-state index >= 15 is 0 Å². The van der Waals surface area contributed by atoms with Crippen LogP contribution >= 0.6 is 0 Å². The zero-order chi connectivity index (χ0) is 24.0. The van der Waals surface area contributed by atoms with Gasteiger partial charge in [0.1, 0.15) is 0 Å². The Morgan fingerprint density at radius 3 is 1.89 bits per heavy atom. The van der Waals surface area contributed by atoms with Crippen LogP contribution in [0, 0.1) is 5.92 Å². The fourth-order valence-corrected chi connectivity index (χ4v) is 7.25. The molecule has 3 aromatic rings. The molecule has 182 valence electrons. The zero-order valence-corrected chi connectivity index (χ0v) is 19.7. The van der Waals surface area contributed by atoms with Crippen molar-refractivity contribution in [3.8, 4) is 0 Å². The van der Waals surface area contributed by atoms with E-state index in [1.165, 1.54) is 36.1 Å². The third-order valence-electron chi connectivity index (χ3n) is 8.56. The standard InChI is InChI=1S/C30H31F3N2/c31-30(32,33)26-14-8-7-13-22(26)19-34-28-23-17-24-15-16-25(18-23)35(24)29(28)27(20-9-3-1-4-10-20)21-11-5-2-6-12-21/h1-14,23-25,27-29,34H,15-19H2/t23?,24?,25?,28?,29-/m0/s1. The Balaban J connectivity index is 1.39. The Labute approximate surface area is 205 Å². The predicted molar refractivity (Wildman–Crippen MR) is 132 cm³/mol. The predicted octanol–water partition coefficient (Wildman–Crippen LogP) is 6.62. The van der Waals surface area contributed by atoms with Crippen molar-refractivity contribution in [2.24, 2.45) is 5.92 Å². The maximum absolute atomic E-state index is 13.7. The van der Waals surface area contributed by atoms with Crippen LogP contribution in [0.4, 0.5) is 13.2 Å². The van der Waals surface area contributed by atoms with Gasteiger partial charge in [0.2, 0.25) is 0 Å². The minimum Gasteiger partial charge on any atom is -0.308 e. The molecule has 4 aliphatic rings. The lowest BCUT2D eigenvalue weighted by Gasteiger charge is -2.58. The number of nitrogens with one attached hydrogen (secondary N) is 1. The van der Waals surface area contributed by atoms with Crippen LogP contribution in [0.3, 0.4) is 0 Å². The molecule has 1 N–H and O–H groups in total. The first kappa shape index (κ1) is 22.8. The first-order valence-corrected chi connectivity index (χ1v) is 12.8. The van der Waals surface area contributed by atoms with Crippen LogP contribution in [-0.2, 0) is 12.7 Å². The Kier molecular flexibility index (Phi) is 5.93. The van der Waals surface area contributed by atoms with Gasteiger partial charge in [-0.1, -0.05) is 78.9 Å². The smallest absolute Gasteiger partial charge is 0.308 e. The van der Waals surface area contributed by atoms with Crippen LogP contribution in [0.15, 0.2) is 84.9 Å². The van der Waals surface area contributed by atoms with Crippen molar-refractivity contribution >= 4 is 0 Å². The van der Waals surface area contributed by atoms with E-state index in [0.29, 0.717) is 23.6 Å². The summed E-state index contributed by atoms with van der Waals surface area (Å²) in [6, 6.07) is 28.8. The summed E-state index contributed by atoms with van der Waals surface area (Å²) in [6.07, 6.45) is 0.404. The van der Waals surface area contributed by atoms with E-state index < -0.39 is 11.7 Å². The molecule has 3 unspecified atom stereocenters. The second-order valence-electron chi connectivity index (χ2n) is 10.4. The summed E-state index contributed by atoms with van der Waals surface area (Å²) in [6.45, 7) is 0.229. The van der Waals surface area contributed by atoms with E-state index in [1.54, 1.807) is 12.1 Å². The second-order valence-corrected chi connectivity index (χ2v) is 10.4. The maximum atomic E-state index is 13.7. The third-order valence-corrected chi connectivity index (χ3v) is 8.56. The first-order valence-electron chi connectivity index (χ1n) is 12.8. The molecule has 0 saturated carbocycles. The van der Waals surface area contributed by atoms with Crippen molar-refractivity contribution in [2.75, 3.05) is 0 Å². The normalized spacial score (nSPS) is 29.6. The largest absolute Gasteiger partial charge is 0.416 e. The Morgan fingerprint density at radius 2 is 1.31 bits per heavy atom. The molecule has 5 heteroatoms. The van der Waals surface area contributed by atoms with Gasteiger partial charge in [0.15, 0.2) is 0 Å². The molecule has 0 aromatic heterocycles. The van der Waals surface area contributed by atoms with Crippen LogP contribution in [-0.4, -0.2) is 29.1 Å². The zero-order valence-electron chi connectivity index (χ0n) is 19.7. The van der Waals surface area contributed by atoms with Crippen molar-refractivity contribution in [3.63, 3.8) is 0 Å². The van der Waals surface area contributed by atoms with Crippen molar-refractivity contribution in [1.29, 1.82) is 0 Å². The molecule has 0 amide bonds. The van der Waals surface area contributed by atoms with Crippen molar-refractivity contribution in [2.45, 2.75) is 68.5 Å². The lowest BCUT2D eigenvalue weighted by molar-refractivity contribution is -0.138. The highest BCUT2D eigenvalue weighted by Gasteiger charge is 2.56. The molecular formula is C30H31F3N2. The summed E-state index contributed by atoms with van der Waals surface area (Å²) < 4.78 is 41.1. The molecule has 2 nitrogen and oxygen atoms in total. The summed E-state index contributed by atoms with van der Waals surface area (Å²) in [5.74, 6) is 0.648. The maximum Gasteiger partial charge on any atom is 0.416 e. The fraction of sp³-hybridized carbons (Fsp3) is 0.400. The van der Waals surface area contributed by atoms with Gasteiger partial charge in [-0.3, -0.25) is 4.90 Å². The van der Waals surface area contributed by atoms with E-state index in [-0.39, 0.29) is 24.5 Å². The van der Waals surface area contributed by atoms with Crippen LogP contribution in [0.1, 0.15) is 53.9 Å². The Bertz CT molecular complexity index is 1090. The van der Waals surface area contributed by atoms with Gasteiger partial charge in [0.05, 0.1) is 5.56 Å². The summed E-state index contributed by atoms with van der Waals surface area (Å²) >= 11 is 0. The number of halogens is 3. The minimum absolute atomic E-state index is 0.132. The average Bonchev–Trinajstić information content (AvgIpc) is 3.16. The van der Waals surface area contributed by atoms with Gasteiger partial charge >= 0.3 is 6.18 Å². The average molecular weight is 477 g/mol. The van der Waals surface area contributed by atoms with Crippen LogP contribution in [0.25, 0.3) is 0 Å². The van der Waals surface area contributed by atoms with Crippen LogP contribution in [0.2, 0.25) is 0 Å². The quantitative estimate of drug-likeness (QED) is 0.430. The van der Waals surface area contributed by atoms with Gasteiger partial charge in [0, 0.05) is 36.6 Å². The van der Waals surface area contributed by atoms with Gasteiger partial charge in [-0.2, -0.15) is 13.2 Å². The molecule has 4 bridgehead atoms. The lowest BCUT2D eigenvalue weighted by atomic mass is 9.68. The van der Waals surface area contributed by atoms with Gasteiger partial charge < -0.3 is 5.32 Å². The highest BCUT2D eigenvalue weighted by atomic mass is 19.4. The first-order chi connectivity index (χ1) is 17.0. The summed E-state index contributed by atoms with van der Waals surface area (Å²) in [5, 5.41) is 3.68. The molecule has 4 heterocycles. The molecule has 35 heavy (non-hydrogen) atoms. The highest BCUT2D eigenvalue weighted by Crippen LogP contribution is 2.52. The number of alkyl halides is 3. The molecular weight excluding hydrogens is 445 g/mol. The molecule has 0 spiro atoms. The molecule has 4 aliphatic heterocycles. The van der Waals surface area contributed by atoms with Gasteiger partial charge in [-0.25, -0.2) is 0 Å². The molecule has 0 aliphatic carbocycles. The topological polar surface area (TPSA) is 15.3 Å². The number of benzene rings is 3. The van der Waals surface area contributed by atoms with Gasteiger partial charge in [-0.15, -0.1) is 0 Å². The van der Waals surface area contributed by atoms with E-state index in [4.69, 9.17) is 0 Å². The molecule has 4 atom stereocenters. The molecule has 0 radical (unpaired) electrons. The van der Waals surface area contributed by atoms with E-state index in [1.807, 2.05) is 12.1 Å². The molecule has 4 fully saturated rings. The highest BCUT2D eigenvalue weighted by molar-refractivity contribution is 5.37. The Hall–Kier alpha value is -2.63. The fourth-order valence-electron chi connectivity index (χ4n) is 7.25. The number of hydrogen-bond donors (Lipinski definition) is 1. The van der Waals surface area contributed by atoms with E-state index in [9.17, 15) is 13.2 Å². The number of rotatable bonds is 6.